The molecule has 2 nitrogen and oxygen atoms in total. The van der Waals surface area contributed by atoms with E-state index in [4.69, 9.17) is 0 Å². The number of para-hydroxylation sites is 1. The molecular formula is C58H56N2. The molecule has 0 radical (unpaired) electrons. The zero-order valence-electron chi connectivity index (χ0n) is 36.6. The van der Waals surface area contributed by atoms with Crippen LogP contribution in [0.3, 0.4) is 0 Å². The molecule has 1 fully saturated rings. The van der Waals surface area contributed by atoms with Gasteiger partial charge in [0.1, 0.15) is 0 Å². The smallest absolute Gasteiger partial charge is 0.0745 e. The normalized spacial score (nSPS) is 21.6. The average molecular weight is 781 g/mol. The van der Waals surface area contributed by atoms with Crippen LogP contribution in [0.2, 0.25) is 0 Å². The van der Waals surface area contributed by atoms with Gasteiger partial charge in [-0.15, -0.1) is 0 Å². The first-order chi connectivity index (χ1) is 29.0. The van der Waals surface area contributed by atoms with Gasteiger partial charge in [0, 0.05) is 29.4 Å². The molecule has 60 heavy (non-hydrogen) atoms. The Labute approximate surface area is 357 Å². The lowest BCUT2D eigenvalue weighted by Gasteiger charge is -2.43. The fourth-order valence-corrected chi connectivity index (χ4v) is 12.6. The van der Waals surface area contributed by atoms with E-state index >= 15 is 0 Å². The highest BCUT2D eigenvalue weighted by Crippen LogP contribution is 2.67. The van der Waals surface area contributed by atoms with Crippen LogP contribution in [0.25, 0.3) is 22.3 Å². The zero-order valence-corrected chi connectivity index (χ0v) is 36.6. The van der Waals surface area contributed by atoms with E-state index in [1.54, 1.807) is 0 Å². The molecule has 2 heteroatoms. The molecule has 12 rings (SSSR count). The molecule has 0 amide bonds. The first kappa shape index (κ1) is 36.3. The second kappa shape index (κ2) is 12.5. The molecule has 0 N–H and O–H groups in total. The number of anilines is 5. The first-order valence-electron chi connectivity index (χ1n) is 22.7. The maximum atomic E-state index is 2.79. The van der Waals surface area contributed by atoms with Crippen molar-refractivity contribution >= 4 is 28.4 Å². The number of allylic oxidation sites excluding steroid dienone is 4. The molecule has 0 aromatic heterocycles. The van der Waals surface area contributed by atoms with Gasteiger partial charge in [-0.1, -0.05) is 132 Å². The number of nitrogens with zero attached hydrogens (tertiary/aromatic N) is 2. The Hall–Kier alpha value is -5.60. The third-order valence-electron chi connectivity index (χ3n) is 15.8. The van der Waals surface area contributed by atoms with Crippen LogP contribution in [0.5, 0.6) is 0 Å². The minimum atomic E-state index is 0.0704. The average Bonchev–Trinajstić information content (AvgIpc) is 3.71. The Kier molecular flexibility index (Phi) is 7.54. The number of fused-ring (bicyclic) bond motifs is 15. The lowest BCUT2D eigenvalue weighted by Crippen LogP contribution is -2.34. The van der Waals surface area contributed by atoms with Crippen molar-refractivity contribution in [3.8, 4) is 22.3 Å². The van der Waals surface area contributed by atoms with E-state index in [0.717, 1.165) is 12.8 Å². The Morgan fingerprint density at radius 1 is 0.667 bits per heavy atom. The van der Waals surface area contributed by atoms with Crippen LogP contribution >= 0.6 is 0 Å². The van der Waals surface area contributed by atoms with Crippen LogP contribution in [0, 0.1) is 19.8 Å². The van der Waals surface area contributed by atoms with Crippen molar-refractivity contribution < 1.29 is 0 Å². The molecule has 6 aromatic rings. The summed E-state index contributed by atoms with van der Waals surface area (Å²) in [5.41, 5.74) is 30.0. The van der Waals surface area contributed by atoms with Gasteiger partial charge < -0.3 is 9.80 Å². The summed E-state index contributed by atoms with van der Waals surface area (Å²) in [4.78, 5) is 5.56. The summed E-state index contributed by atoms with van der Waals surface area (Å²) in [5, 5.41) is 0. The van der Waals surface area contributed by atoms with Crippen molar-refractivity contribution in [2.24, 2.45) is 5.92 Å². The lowest BCUT2D eigenvalue weighted by molar-refractivity contribution is 0.332. The van der Waals surface area contributed by atoms with E-state index in [0.29, 0.717) is 11.8 Å². The molecule has 298 valence electrons. The first-order valence-corrected chi connectivity index (χ1v) is 22.7. The van der Waals surface area contributed by atoms with Crippen LogP contribution in [-0.2, 0) is 23.7 Å². The second-order valence-corrected chi connectivity index (χ2v) is 20.3. The number of benzene rings is 6. The van der Waals surface area contributed by atoms with Gasteiger partial charge in [-0.2, -0.15) is 0 Å². The summed E-state index contributed by atoms with van der Waals surface area (Å²) >= 11 is 0. The Morgan fingerprint density at radius 3 is 2.12 bits per heavy atom. The van der Waals surface area contributed by atoms with Gasteiger partial charge in [0.15, 0.2) is 0 Å². The van der Waals surface area contributed by atoms with Crippen molar-refractivity contribution in [3.05, 3.63) is 182 Å². The highest BCUT2D eigenvalue weighted by atomic mass is 15.2. The number of hydrogen-bond acceptors (Lipinski definition) is 2. The third kappa shape index (κ3) is 4.88. The highest BCUT2D eigenvalue weighted by molar-refractivity contribution is 6.03. The summed E-state index contributed by atoms with van der Waals surface area (Å²) in [6.45, 7) is 19.4. The standard InChI is InChI=1S/C58H56N2/c1-9-16-43-45-31-44(45)42-21-14-15-22-49(42)60-55(43)35(4)52-53-38(28-36-17-11-13-20-40(36)53)30-51(56(52)60)59(50-32-48-47(27-34(50)3)57(5,6)25-26-58(48,7)8)54-33(2)23-24-41-39-19-12-10-18-37(39)29-46(41)54/h9-24,27,30,32,35,44-45H,25-26,28-29,31H2,1-8H3/b16-9-. The van der Waals surface area contributed by atoms with Gasteiger partial charge in [0.05, 0.1) is 17.1 Å². The molecule has 2 heterocycles. The highest BCUT2D eigenvalue weighted by Gasteiger charge is 2.51. The Morgan fingerprint density at radius 2 is 1.35 bits per heavy atom. The zero-order chi connectivity index (χ0) is 41.0. The third-order valence-corrected chi connectivity index (χ3v) is 15.8. The van der Waals surface area contributed by atoms with E-state index < -0.39 is 0 Å². The van der Waals surface area contributed by atoms with E-state index in [-0.39, 0.29) is 16.7 Å². The number of hydrogen-bond donors (Lipinski definition) is 0. The predicted molar refractivity (Wildman–Crippen MR) is 252 cm³/mol. The molecule has 3 atom stereocenters. The summed E-state index contributed by atoms with van der Waals surface area (Å²) in [6, 6.07) is 40.5. The van der Waals surface area contributed by atoms with Gasteiger partial charge in [-0.05, 0) is 171 Å². The van der Waals surface area contributed by atoms with E-state index in [9.17, 15) is 0 Å². The molecular weight excluding hydrogens is 725 g/mol. The van der Waals surface area contributed by atoms with Crippen molar-refractivity contribution in [3.63, 3.8) is 0 Å². The van der Waals surface area contributed by atoms with Crippen LogP contribution in [0.4, 0.5) is 28.4 Å². The van der Waals surface area contributed by atoms with Crippen molar-refractivity contribution in [1.29, 1.82) is 0 Å². The summed E-state index contributed by atoms with van der Waals surface area (Å²) in [7, 11) is 0. The number of aryl methyl sites for hydroxylation is 2. The minimum absolute atomic E-state index is 0.0704. The van der Waals surface area contributed by atoms with Crippen molar-refractivity contribution in [2.45, 2.75) is 110 Å². The largest absolute Gasteiger partial charge is 0.311 e. The van der Waals surface area contributed by atoms with Gasteiger partial charge in [-0.3, -0.25) is 0 Å². The van der Waals surface area contributed by atoms with Crippen molar-refractivity contribution in [2.75, 3.05) is 9.80 Å². The van der Waals surface area contributed by atoms with E-state index in [2.05, 4.69) is 180 Å². The fourth-order valence-electron chi connectivity index (χ4n) is 12.6. The molecule has 3 unspecified atom stereocenters. The Bertz CT molecular complexity index is 2930. The quantitative estimate of drug-likeness (QED) is 0.175. The van der Waals surface area contributed by atoms with Gasteiger partial charge in [0.25, 0.3) is 0 Å². The maximum absolute atomic E-state index is 2.79. The molecule has 6 aliphatic rings. The van der Waals surface area contributed by atoms with E-state index in [1.165, 1.54) is 137 Å². The SMILES string of the molecule is C/C=C\C1=C2C(C)c3c4c(cc(N(c5cc6c(cc5C)C(C)(C)CCC6(C)C)c5c(C)ccc6c5Cc5ccccc5-6)c3N2c2ccccc2C2CC12)Cc1ccccc1-4. The van der Waals surface area contributed by atoms with Crippen LogP contribution < -0.4 is 9.80 Å². The monoisotopic (exact) mass is 780 g/mol. The molecule has 0 bridgehead atoms. The van der Waals surface area contributed by atoms with Gasteiger partial charge in [0.2, 0.25) is 0 Å². The molecule has 1 saturated carbocycles. The lowest BCUT2D eigenvalue weighted by atomic mass is 9.63. The van der Waals surface area contributed by atoms with Gasteiger partial charge >= 0.3 is 0 Å². The topological polar surface area (TPSA) is 6.48 Å². The van der Waals surface area contributed by atoms with Crippen LogP contribution in [0.1, 0.15) is 128 Å². The fraction of sp³-hybridized carbons (Fsp3) is 0.310. The summed E-state index contributed by atoms with van der Waals surface area (Å²) in [6.07, 6.45) is 10.3. The van der Waals surface area contributed by atoms with Crippen molar-refractivity contribution in [1.82, 2.24) is 0 Å². The molecule has 2 aliphatic heterocycles. The van der Waals surface area contributed by atoms with E-state index in [1.807, 2.05) is 0 Å². The summed E-state index contributed by atoms with van der Waals surface area (Å²) in [5.74, 6) is 1.32. The number of rotatable bonds is 4. The Balaban J connectivity index is 1.23. The van der Waals surface area contributed by atoms with Gasteiger partial charge in [-0.25, -0.2) is 0 Å². The van der Waals surface area contributed by atoms with Crippen LogP contribution in [-0.4, -0.2) is 0 Å². The molecule has 6 aromatic carbocycles. The predicted octanol–water partition coefficient (Wildman–Crippen LogP) is 15.5. The maximum Gasteiger partial charge on any atom is 0.0745 e. The second-order valence-electron chi connectivity index (χ2n) is 20.3. The minimum Gasteiger partial charge on any atom is -0.311 e. The molecule has 0 spiro atoms. The summed E-state index contributed by atoms with van der Waals surface area (Å²) < 4.78 is 0. The van der Waals surface area contributed by atoms with Crippen LogP contribution in [0.15, 0.2) is 127 Å². The molecule has 0 saturated heterocycles. The molecule has 4 aliphatic carbocycles.